The molecule has 3 nitrogen and oxygen atoms in total. The summed E-state index contributed by atoms with van der Waals surface area (Å²) in [5.74, 6) is -1.77. The summed E-state index contributed by atoms with van der Waals surface area (Å²) < 4.78 is 38.2. The second-order valence-corrected chi connectivity index (χ2v) is 5.72. The van der Waals surface area contributed by atoms with Crippen LogP contribution in [0.1, 0.15) is 36.0 Å². The lowest BCUT2D eigenvalue weighted by Crippen LogP contribution is -2.41. The molecule has 2 atom stereocenters. The third-order valence-electron chi connectivity index (χ3n) is 3.73. The summed E-state index contributed by atoms with van der Waals surface area (Å²) in [5.41, 5.74) is 6.17. The highest BCUT2D eigenvalue weighted by Gasteiger charge is 2.42. The van der Waals surface area contributed by atoms with Crippen molar-refractivity contribution in [3.63, 3.8) is 0 Å². The van der Waals surface area contributed by atoms with E-state index in [0.717, 1.165) is 0 Å². The van der Waals surface area contributed by atoms with Crippen LogP contribution in [0.4, 0.5) is 18.9 Å². The van der Waals surface area contributed by atoms with Gasteiger partial charge in [-0.3, -0.25) is 4.79 Å². The molecule has 1 saturated carbocycles. The third-order valence-corrected chi connectivity index (χ3v) is 4.07. The molecule has 0 heterocycles. The Hall–Kier alpha value is -1.43. The molecule has 2 unspecified atom stereocenters. The van der Waals surface area contributed by atoms with Crippen LogP contribution in [-0.2, 0) is 0 Å². The van der Waals surface area contributed by atoms with Gasteiger partial charge in [0, 0.05) is 11.6 Å². The average molecular weight is 321 g/mol. The summed E-state index contributed by atoms with van der Waals surface area (Å²) in [6.07, 6.45) is -3.13. The number of carbonyl (C=O) groups excluding carboxylic acids is 1. The van der Waals surface area contributed by atoms with Crippen LogP contribution in [0.25, 0.3) is 0 Å². The predicted octanol–water partition coefficient (Wildman–Crippen LogP) is 3.77. The Bertz CT molecular complexity index is 533. The van der Waals surface area contributed by atoms with Gasteiger partial charge in [0.25, 0.3) is 5.91 Å². The topological polar surface area (TPSA) is 55.1 Å². The summed E-state index contributed by atoms with van der Waals surface area (Å²) in [4.78, 5) is 12.0. The smallest absolute Gasteiger partial charge is 0.391 e. The van der Waals surface area contributed by atoms with E-state index in [0.29, 0.717) is 23.4 Å². The molecule has 1 amide bonds. The van der Waals surface area contributed by atoms with E-state index in [1.165, 1.54) is 18.2 Å². The van der Waals surface area contributed by atoms with E-state index in [4.69, 9.17) is 17.3 Å². The summed E-state index contributed by atoms with van der Waals surface area (Å²) in [6, 6.07) is 3.94. The molecular weight excluding hydrogens is 305 g/mol. The van der Waals surface area contributed by atoms with Crippen molar-refractivity contribution in [1.82, 2.24) is 5.32 Å². The fraction of sp³-hybridized carbons (Fsp3) is 0.500. The minimum Gasteiger partial charge on any atom is -0.398 e. The standard InChI is InChI=1S/C14H16ClF3N2O/c15-11-5-4-8(6-12(11)19)13(21)20-10-3-1-2-9(7-10)14(16,17)18/h4-6,9-10H,1-3,7,19H2,(H,20,21). The van der Waals surface area contributed by atoms with E-state index < -0.39 is 24.0 Å². The molecule has 1 aromatic rings. The van der Waals surface area contributed by atoms with Crippen molar-refractivity contribution < 1.29 is 18.0 Å². The molecule has 0 aromatic heterocycles. The predicted molar refractivity (Wildman–Crippen MR) is 75.1 cm³/mol. The maximum Gasteiger partial charge on any atom is 0.391 e. The molecule has 1 aliphatic carbocycles. The zero-order valence-electron chi connectivity index (χ0n) is 11.2. The molecule has 1 aliphatic rings. The summed E-state index contributed by atoms with van der Waals surface area (Å²) in [7, 11) is 0. The van der Waals surface area contributed by atoms with E-state index in [1.54, 1.807) is 0 Å². The zero-order valence-corrected chi connectivity index (χ0v) is 12.0. The van der Waals surface area contributed by atoms with E-state index in [1.807, 2.05) is 0 Å². The number of nitrogens with one attached hydrogen (secondary N) is 1. The molecule has 7 heteroatoms. The highest BCUT2D eigenvalue weighted by Crippen LogP contribution is 2.37. The molecule has 2 rings (SSSR count). The van der Waals surface area contributed by atoms with Gasteiger partial charge in [0.15, 0.2) is 0 Å². The Morgan fingerprint density at radius 3 is 2.67 bits per heavy atom. The van der Waals surface area contributed by atoms with Gasteiger partial charge in [-0.2, -0.15) is 13.2 Å². The number of alkyl halides is 3. The van der Waals surface area contributed by atoms with Crippen LogP contribution in [0, 0.1) is 5.92 Å². The number of halogens is 4. The minimum atomic E-state index is -4.20. The van der Waals surface area contributed by atoms with Gasteiger partial charge >= 0.3 is 6.18 Å². The van der Waals surface area contributed by atoms with Crippen molar-refractivity contribution in [2.75, 3.05) is 5.73 Å². The Balaban J connectivity index is 2.00. The lowest BCUT2D eigenvalue weighted by Gasteiger charge is -2.31. The second kappa shape index (κ2) is 6.13. The maximum absolute atomic E-state index is 12.7. The van der Waals surface area contributed by atoms with Crippen molar-refractivity contribution in [3.05, 3.63) is 28.8 Å². The fourth-order valence-electron chi connectivity index (χ4n) is 2.57. The van der Waals surface area contributed by atoms with Gasteiger partial charge in [0.2, 0.25) is 0 Å². The van der Waals surface area contributed by atoms with E-state index in [2.05, 4.69) is 5.32 Å². The van der Waals surface area contributed by atoms with Gasteiger partial charge in [-0.05, 0) is 37.5 Å². The molecule has 1 aromatic carbocycles. The van der Waals surface area contributed by atoms with Gasteiger partial charge in [-0.1, -0.05) is 18.0 Å². The molecule has 0 saturated heterocycles. The van der Waals surface area contributed by atoms with Gasteiger partial charge in [-0.15, -0.1) is 0 Å². The van der Waals surface area contributed by atoms with Gasteiger partial charge in [0.05, 0.1) is 16.6 Å². The van der Waals surface area contributed by atoms with E-state index >= 15 is 0 Å². The first-order chi connectivity index (χ1) is 9.77. The first-order valence-corrected chi connectivity index (χ1v) is 7.08. The van der Waals surface area contributed by atoms with Crippen molar-refractivity contribution in [2.24, 2.45) is 5.92 Å². The number of anilines is 1. The SMILES string of the molecule is Nc1cc(C(=O)NC2CCCC(C(F)(F)F)C2)ccc1Cl. The number of nitrogens with two attached hydrogens (primary N) is 1. The lowest BCUT2D eigenvalue weighted by molar-refractivity contribution is -0.183. The minimum absolute atomic E-state index is 0.0711. The normalized spacial score (nSPS) is 22.9. The Morgan fingerprint density at radius 2 is 2.05 bits per heavy atom. The number of carbonyl (C=O) groups is 1. The number of hydrogen-bond acceptors (Lipinski definition) is 2. The molecule has 0 bridgehead atoms. The third kappa shape index (κ3) is 4.03. The lowest BCUT2D eigenvalue weighted by atomic mass is 9.85. The van der Waals surface area contributed by atoms with E-state index in [-0.39, 0.29) is 18.5 Å². The van der Waals surface area contributed by atoms with Crippen LogP contribution in [0.5, 0.6) is 0 Å². The second-order valence-electron chi connectivity index (χ2n) is 5.31. The number of amides is 1. The zero-order chi connectivity index (χ0) is 15.6. The molecular formula is C14H16ClF3N2O. The molecule has 3 N–H and O–H groups in total. The Kier molecular flexibility index (Phi) is 4.66. The van der Waals surface area contributed by atoms with Crippen molar-refractivity contribution in [3.8, 4) is 0 Å². The van der Waals surface area contributed by atoms with Crippen LogP contribution in [0.15, 0.2) is 18.2 Å². The maximum atomic E-state index is 12.7. The number of rotatable bonds is 2. The molecule has 0 spiro atoms. The first-order valence-electron chi connectivity index (χ1n) is 6.70. The van der Waals surface area contributed by atoms with Crippen molar-refractivity contribution in [1.29, 1.82) is 0 Å². The van der Waals surface area contributed by atoms with Gasteiger partial charge in [-0.25, -0.2) is 0 Å². The highest BCUT2D eigenvalue weighted by molar-refractivity contribution is 6.33. The van der Waals surface area contributed by atoms with Crippen LogP contribution in [0.2, 0.25) is 5.02 Å². The van der Waals surface area contributed by atoms with Crippen LogP contribution in [0.3, 0.4) is 0 Å². The molecule has 0 aliphatic heterocycles. The van der Waals surface area contributed by atoms with Crippen LogP contribution >= 0.6 is 11.6 Å². The average Bonchev–Trinajstić information content (AvgIpc) is 2.41. The quantitative estimate of drug-likeness (QED) is 0.815. The Morgan fingerprint density at radius 1 is 1.33 bits per heavy atom. The number of benzene rings is 1. The molecule has 0 radical (unpaired) electrons. The van der Waals surface area contributed by atoms with Crippen molar-refractivity contribution in [2.45, 2.75) is 37.9 Å². The summed E-state index contributed by atoms with van der Waals surface area (Å²) >= 11 is 5.76. The largest absolute Gasteiger partial charge is 0.398 e. The summed E-state index contributed by atoms with van der Waals surface area (Å²) in [6.45, 7) is 0. The van der Waals surface area contributed by atoms with Gasteiger partial charge < -0.3 is 11.1 Å². The van der Waals surface area contributed by atoms with Crippen molar-refractivity contribution >= 4 is 23.2 Å². The monoisotopic (exact) mass is 320 g/mol. The van der Waals surface area contributed by atoms with E-state index in [9.17, 15) is 18.0 Å². The molecule has 21 heavy (non-hydrogen) atoms. The van der Waals surface area contributed by atoms with Gasteiger partial charge in [0.1, 0.15) is 0 Å². The molecule has 116 valence electrons. The van der Waals surface area contributed by atoms with Crippen LogP contribution < -0.4 is 11.1 Å². The highest BCUT2D eigenvalue weighted by atomic mass is 35.5. The summed E-state index contributed by atoms with van der Waals surface area (Å²) in [5, 5.41) is 2.98. The Labute approximate surface area is 125 Å². The fourth-order valence-corrected chi connectivity index (χ4v) is 2.69. The first kappa shape index (κ1) is 15.9. The number of nitrogen functional groups attached to an aromatic ring is 1. The number of hydrogen-bond donors (Lipinski definition) is 2. The van der Waals surface area contributed by atoms with Crippen LogP contribution in [-0.4, -0.2) is 18.1 Å². The molecule has 1 fully saturated rings.